The number of amides is 2. The Morgan fingerprint density at radius 1 is 1.14 bits per heavy atom. The van der Waals surface area contributed by atoms with Gasteiger partial charge < -0.3 is 37.3 Å². The Morgan fingerprint density at radius 3 is 2.17 bits per heavy atom. The molecule has 0 fully saturated rings. The average molecular weight is 414 g/mol. The van der Waals surface area contributed by atoms with Gasteiger partial charge in [0.05, 0.1) is 12.4 Å². The molecule has 3 atom stereocenters. The Balaban J connectivity index is 0.00000178. The highest BCUT2D eigenvalue weighted by Gasteiger charge is 2.27. The SMILES string of the molecule is CC(=O)O.C[C@H](N)C(=O)N[C@@H](Cc1cnc[nH]1)C(=O)N[C@@H](CCCCN)C(=O)O. The molecule has 0 aliphatic heterocycles. The van der Waals surface area contributed by atoms with E-state index in [2.05, 4.69) is 20.6 Å². The highest BCUT2D eigenvalue weighted by atomic mass is 16.4. The lowest BCUT2D eigenvalue weighted by Gasteiger charge is -2.22. The number of H-pyrrole nitrogens is 1. The molecule has 0 aliphatic rings. The second kappa shape index (κ2) is 14.1. The van der Waals surface area contributed by atoms with Crippen molar-refractivity contribution in [2.24, 2.45) is 11.5 Å². The van der Waals surface area contributed by atoms with E-state index in [4.69, 9.17) is 21.4 Å². The van der Waals surface area contributed by atoms with Gasteiger partial charge in [0.15, 0.2) is 0 Å². The molecule has 0 aliphatic carbocycles. The summed E-state index contributed by atoms with van der Waals surface area (Å²) in [6.07, 6.45) is 4.61. The number of carboxylic acid groups (broad SMARTS) is 2. The summed E-state index contributed by atoms with van der Waals surface area (Å²) in [4.78, 5) is 51.4. The van der Waals surface area contributed by atoms with Crippen molar-refractivity contribution in [1.82, 2.24) is 20.6 Å². The molecule has 1 heterocycles. The smallest absolute Gasteiger partial charge is 0.326 e. The number of rotatable bonds is 11. The van der Waals surface area contributed by atoms with Gasteiger partial charge in [-0.2, -0.15) is 0 Å². The van der Waals surface area contributed by atoms with Gasteiger partial charge in [-0.3, -0.25) is 14.4 Å². The lowest BCUT2D eigenvalue weighted by atomic mass is 10.1. The highest BCUT2D eigenvalue weighted by Crippen LogP contribution is 2.04. The summed E-state index contributed by atoms with van der Waals surface area (Å²) in [6.45, 7) is 3.03. The van der Waals surface area contributed by atoms with Crippen LogP contribution in [0.25, 0.3) is 0 Å². The van der Waals surface area contributed by atoms with E-state index in [0.717, 1.165) is 6.92 Å². The van der Waals surface area contributed by atoms with Gasteiger partial charge >= 0.3 is 5.97 Å². The summed E-state index contributed by atoms with van der Waals surface area (Å²) in [5.41, 5.74) is 11.5. The maximum absolute atomic E-state index is 12.5. The number of imidazole rings is 1. The molecule has 0 radical (unpaired) electrons. The predicted molar refractivity (Wildman–Crippen MR) is 104 cm³/mol. The van der Waals surface area contributed by atoms with Crippen molar-refractivity contribution in [1.29, 1.82) is 0 Å². The van der Waals surface area contributed by atoms with Crippen LogP contribution in [-0.2, 0) is 25.6 Å². The van der Waals surface area contributed by atoms with Crippen molar-refractivity contribution in [2.45, 2.75) is 57.7 Å². The largest absolute Gasteiger partial charge is 0.481 e. The molecule has 0 unspecified atom stereocenters. The van der Waals surface area contributed by atoms with Gasteiger partial charge in [0, 0.05) is 25.2 Å². The minimum absolute atomic E-state index is 0.138. The first-order valence-corrected chi connectivity index (χ1v) is 9.04. The molecule has 0 spiro atoms. The number of aromatic amines is 1. The van der Waals surface area contributed by atoms with Crippen LogP contribution in [0.1, 0.15) is 38.8 Å². The number of carbonyl (C=O) groups excluding carboxylic acids is 2. The number of nitrogens with zero attached hydrogens (tertiary/aromatic N) is 1. The number of hydrogen-bond donors (Lipinski definition) is 7. The Bertz CT molecular complexity index is 645. The first-order valence-electron chi connectivity index (χ1n) is 9.04. The summed E-state index contributed by atoms with van der Waals surface area (Å²) in [5, 5.41) is 21.7. The highest BCUT2D eigenvalue weighted by molar-refractivity contribution is 5.91. The third kappa shape index (κ3) is 12.2. The molecule has 0 saturated carbocycles. The Hall–Kier alpha value is -2.99. The average Bonchev–Trinajstić information content (AvgIpc) is 3.12. The number of carbonyl (C=O) groups is 4. The minimum Gasteiger partial charge on any atom is -0.481 e. The monoisotopic (exact) mass is 414 g/mol. The van der Waals surface area contributed by atoms with Gasteiger partial charge in [-0.25, -0.2) is 9.78 Å². The third-order valence-corrected chi connectivity index (χ3v) is 3.59. The second-order valence-corrected chi connectivity index (χ2v) is 6.33. The maximum atomic E-state index is 12.5. The number of nitrogens with one attached hydrogen (secondary N) is 3. The molecule has 29 heavy (non-hydrogen) atoms. The number of aliphatic carboxylic acids is 2. The Labute approximate surface area is 168 Å². The fourth-order valence-electron chi connectivity index (χ4n) is 2.15. The molecule has 12 heteroatoms. The van der Waals surface area contributed by atoms with Crippen LogP contribution in [0.4, 0.5) is 0 Å². The Morgan fingerprint density at radius 2 is 1.72 bits per heavy atom. The van der Waals surface area contributed by atoms with Crippen LogP contribution in [0.15, 0.2) is 12.5 Å². The van der Waals surface area contributed by atoms with E-state index < -0.39 is 41.9 Å². The number of hydrogen-bond acceptors (Lipinski definition) is 7. The van der Waals surface area contributed by atoms with E-state index in [1.807, 2.05) is 0 Å². The van der Waals surface area contributed by atoms with Crippen LogP contribution < -0.4 is 22.1 Å². The van der Waals surface area contributed by atoms with Crippen LogP contribution in [0.5, 0.6) is 0 Å². The first-order chi connectivity index (χ1) is 13.6. The molecule has 0 aromatic carbocycles. The molecule has 12 nitrogen and oxygen atoms in total. The van der Waals surface area contributed by atoms with Crippen molar-refractivity contribution < 1.29 is 29.4 Å². The van der Waals surface area contributed by atoms with Gasteiger partial charge in [-0.15, -0.1) is 0 Å². The van der Waals surface area contributed by atoms with Gasteiger partial charge in [0.2, 0.25) is 11.8 Å². The van der Waals surface area contributed by atoms with Gasteiger partial charge in [0.1, 0.15) is 12.1 Å². The van der Waals surface area contributed by atoms with Crippen LogP contribution >= 0.6 is 0 Å². The molecule has 164 valence electrons. The molecule has 1 aromatic heterocycles. The second-order valence-electron chi connectivity index (χ2n) is 6.33. The van der Waals surface area contributed by atoms with Crippen molar-refractivity contribution >= 4 is 23.8 Å². The predicted octanol–water partition coefficient (Wildman–Crippen LogP) is -1.43. The Kier molecular flexibility index (Phi) is 12.6. The van der Waals surface area contributed by atoms with Crippen molar-refractivity contribution in [3.8, 4) is 0 Å². The van der Waals surface area contributed by atoms with Crippen LogP contribution in [0, 0.1) is 0 Å². The standard InChI is InChI=1S/C15H26N6O4.C2H4O2/c1-9(17)13(22)21-12(6-10-7-18-8-19-10)14(23)20-11(15(24)25)4-2-3-5-16;1-2(3)4/h7-9,11-12H,2-6,16-17H2,1H3,(H,18,19)(H,20,23)(H,21,22)(H,24,25);1H3,(H,3,4)/t9-,11-,12-;/m0./s1. The van der Waals surface area contributed by atoms with Crippen LogP contribution in [-0.4, -0.2) is 68.6 Å². The van der Waals surface area contributed by atoms with E-state index in [1.54, 1.807) is 0 Å². The molecule has 1 rings (SSSR count). The van der Waals surface area contributed by atoms with E-state index >= 15 is 0 Å². The van der Waals surface area contributed by atoms with Crippen molar-refractivity contribution in [2.75, 3.05) is 6.54 Å². The van der Waals surface area contributed by atoms with Gasteiger partial charge in [-0.05, 0) is 32.7 Å². The summed E-state index contributed by atoms with van der Waals surface area (Å²) in [6, 6.07) is -2.80. The number of unbranched alkanes of at least 4 members (excludes halogenated alkanes) is 1. The molecule has 1 aromatic rings. The summed E-state index contributed by atoms with van der Waals surface area (Å²) in [7, 11) is 0. The van der Waals surface area contributed by atoms with E-state index in [0.29, 0.717) is 25.1 Å². The van der Waals surface area contributed by atoms with E-state index in [9.17, 15) is 19.5 Å². The zero-order valence-corrected chi connectivity index (χ0v) is 16.6. The van der Waals surface area contributed by atoms with Crippen molar-refractivity contribution in [3.63, 3.8) is 0 Å². The zero-order chi connectivity index (χ0) is 22.4. The quantitative estimate of drug-likeness (QED) is 0.211. The minimum atomic E-state index is -1.14. The first kappa shape index (κ1) is 26.0. The van der Waals surface area contributed by atoms with Crippen LogP contribution in [0.3, 0.4) is 0 Å². The number of nitrogens with two attached hydrogens (primary N) is 2. The maximum Gasteiger partial charge on any atom is 0.326 e. The van der Waals surface area contributed by atoms with E-state index in [-0.39, 0.29) is 12.8 Å². The topological polar surface area (TPSA) is 214 Å². The molecular weight excluding hydrogens is 384 g/mol. The lowest BCUT2D eigenvalue weighted by Crippen LogP contribution is -2.54. The summed E-state index contributed by atoms with van der Waals surface area (Å²) < 4.78 is 0. The summed E-state index contributed by atoms with van der Waals surface area (Å²) in [5.74, 6) is -3.07. The summed E-state index contributed by atoms with van der Waals surface area (Å²) >= 11 is 0. The third-order valence-electron chi connectivity index (χ3n) is 3.59. The number of aromatic nitrogens is 2. The van der Waals surface area contributed by atoms with Gasteiger partial charge in [0.25, 0.3) is 5.97 Å². The number of carboxylic acids is 2. The molecule has 9 N–H and O–H groups in total. The molecule has 0 bridgehead atoms. The molecular formula is C17H30N6O6. The normalized spacial score (nSPS) is 13.2. The lowest BCUT2D eigenvalue weighted by molar-refractivity contribution is -0.142. The van der Waals surface area contributed by atoms with Gasteiger partial charge in [-0.1, -0.05) is 0 Å². The van der Waals surface area contributed by atoms with Crippen LogP contribution in [0.2, 0.25) is 0 Å². The molecule has 0 saturated heterocycles. The fraction of sp³-hybridized carbons (Fsp3) is 0.588. The zero-order valence-electron chi connectivity index (χ0n) is 16.6. The molecule has 2 amide bonds. The fourth-order valence-corrected chi connectivity index (χ4v) is 2.15. The van der Waals surface area contributed by atoms with Crippen molar-refractivity contribution in [3.05, 3.63) is 18.2 Å². The van der Waals surface area contributed by atoms with E-state index in [1.165, 1.54) is 19.4 Å².